The number of ether oxygens (including phenoxy) is 1. The van der Waals surface area contributed by atoms with Crippen molar-refractivity contribution in [2.75, 3.05) is 5.73 Å². The van der Waals surface area contributed by atoms with Crippen molar-refractivity contribution in [1.82, 2.24) is 4.98 Å². The lowest BCUT2D eigenvalue weighted by Crippen LogP contribution is -1.93. The van der Waals surface area contributed by atoms with Crippen molar-refractivity contribution >= 4 is 16.6 Å². The second-order valence-corrected chi connectivity index (χ2v) is 5.38. The number of nitrogen functional groups attached to an aromatic ring is 1. The van der Waals surface area contributed by atoms with Gasteiger partial charge in [0.2, 0.25) is 0 Å². The summed E-state index contributed by atoms with van der Waals surface area (Å²) in [5, 5.41) is 0.911. The maximum Gasteiger partial charge on any atom is 0.153 e. The first-order valence-electron chi connectivity index (χ1n) is 7.06. The van der Waals surface area contributed by atoms with Crippen molar-refractivity contribution in [3.63, 3.8) is 0 Å². The van der Waals surface area contributed by atoms with Gasteiger partial charge in [-0.1, -0.05) is 26.0 Å². The third kappa shape index (κ3) is 2.68. The predicted molar refractivity (Wildman–Crippen MR) is 86.8 cm³/mol. The van der Waals surface area contributed by atoms with Crippen molar-refractivity contribution in [1.29, 1.82) is 0 Å². The molecular weight excluding hydrogens is 260 g/mol. The number of fused-ring (bicyclic) bond motifs is 1. The molecule has 21 heavy (non-hydrogen) atoms. The fourth-order valence-corrected chi connectivity index (χ4v) is 2.30. The van der Waals surface area contributed by atoms with E-state index in [0.717, 1.165) is 22.4 Å². The summed E-state index contributed by atoms with van der Waals surface area (Å²) < 4.78 is 5.96. The van der Waals surface area contributed by atoms with Crippen molar-refractivity contribution in [2.45, 2.75) is 19.8 Å². The first-order chi connectivity index (χ1) is 10.1. The largest absolute Gasteiger partial charge is 0.455 e. The molecule has 0 unspecified atom stereocenters. The third-order valence-electron chi connectivity index (χ3n) is 3.54. The normalized spacial score (nSPS) is 11.0. The second-order valence-electron chi connectivity index (χ2n) is 5.38. The Morgan fingerprint density at radius 3 is 2.48 bits per heavy atom. The predicted octanol–water partition coefficient (Wildman–Crippen LogP) is 4.73. The molecule has 0 saturated carbocycles. The lowest BCUT2D eigenvalue weighted by molar-refractivity contribution is 0.487. The molecule has 0 radical (unpaired) electrons. The molecule has 1 heterocycles. The van der Waals surface area contributed by atoms with E-state index < -0.39 is 0 Å². The van der Waals surface area contributed by atoms with Gasteiger partial charge in [0.15, 0.2) is 5.75 Å². The van der Waals surface area contributed by atoms with Crippen LogP contribution in [0, 0.1) is 0 Å². The highest BCUT2D eigenvalue weighted by Gasteiger charge is 2.07. The highest BCUT2D eigenvalue weighted by Crippen LogP contribution is 2.32. The van der Waals surface area contributed by atoms with E-state index >= 15 is 0 Å². The Balaban J connectivity index is 1.96. The van der Waals surface area contributed by atoms with E-state index in [0.29, 0.717) is 11.6 Å². The molecule has 106 valence electrons. The topological polar surface area (TPSA) is 48.1 Å². The van der Waals surface area contributed by atoms with Crippen LogP contribution in [0.3, 0.4) is 0 Å². The Kier molecular flexibility index (Phi) is 3.48. The number of pyridine rings is 1. The number of hydrogen-bond acceptors (Lipinski definition) is 3. The Morgan fingerprint density at radius 2 is 1.76 bits per heavy atom. The number of nitrogens with two attached hydrogens (primary N) is 1. The molecule has 0 spiro atoms. The van der Waals surface area contributed by atoms with E-state index in [4.69, 9.17) is 10.5 Å². The van der Waals surface area contributed by atoms with E-state index in [1.54, 1.807) is 6.20 Å². The molecule has 0 aliphatic heterocycles. The molecule has 0 atom stereocenters. The minimum Gasteiger partial charge on any atom is -0.455 e. The number of benzene rings is 2. The van der Waals surface area contributed by atoms with Gasteiger partial charge in [-0.25, -0.2) is 0 Å². The fraction of sp³-hybridized carbons (Fsp3) is 0.167. The van der Waals surface area contributed by atoms with Gasteiger partial charge in [0.25, 0.3) is 0 Å². The third-order valence-corrected chi connectivity index (χ3v) is 3.54. The number of hydrogen-bond donors (Lipinski definition) is 1. The molecule has 0 aliphatic carbocycles. The first-order valence-corrected chi connectivity index (χ1v) is 7.06. The Labute approximate surface area is 124 Å². The van der Waals surface area contributed by atoms with E-state index in [2.05, 4.69) is 31.0 Å². The van der Waals surface area contributed by atoms with Gasteiger partial charge in [0, 0.05) is 17.3 Å². The van der Waals surface area contributed by atoms with Crippen LogP contribution in [0.2, 0.25) is 0 Å². The number of nitrogens with zero attached hydrogens (tertiary/aromatic N) is 1. The highest BCUT2D eigenvalue weighted by atomic mass is 16.5. The fourth-order valence-electron chi connectivity index (χ4n) is 2.30. The molecule has 0 amide bonds. The number of rotatable bonds is 3. The van der Waals surface area contributed by atoms with Crippen LogP contribution in [0.15, 0.2) is 54.7 Å². The van der Waals surface area contributed by atoms with Gasteiger partial charge in [0.05, 0.1) is 0 Å². The quantitative estimate of drug-likeness (QED) is 0.704. The van der Waals surface area contributed by atoms with Crippen LogP contribution in [-0.4, -0.2) is 4.98 Å². The summed E-state index contributed by atoms with van der Waals surface area (Å²) in [4.78, 5) is 4.38. The smallest absolute Gasteiger partial charge is 0.153 e. The molecule has 2 aromatic carbocycles. The van der Waals surface area contributed by atoms with Crippen molar-refractivity contribution in [3.05, 3.63) is 60.3 Å². The Hall–Kier alpha value is -2.55. The molecule has 3 nitrogen and oxygen atoms in total. The molecule has 2 N–H and O–H groups in total. The van der Waals surface area contributed by atoms with Crippen LogP contribution in [0.4, 0.5) is 5.69 Å². The van der Waals surface area contributed by atoms with Crippen LogP contribution in [0.25, 0.3) is 10.9 Å². The molecule has 3 heteroatoms. The Bertz CT molecular complexity index is 764. The standard InChI is InChI=1S/C18H18N2O/c1-12(2)13-5-7-14(8-6-13)21-17-10-9-16(19)15-4-3-11-20-18(15)17/h3-12H,19H2,1-2H3. The zero-order valence-corrected chi connectivity index (χ0v) is 12.2. The lowest BCUT2D eigenvalue weighted by atomic mass is 10.0. The first kappa shape index (κ1) is 13.4. The van der Waals surface area contributed by atoms with Crippen LogP contribution in [-0.2, 0) is 0 Å². The monoisotopic (exact) mass is 278 g/mol. The van der Waals surface area contributed by atoms with Crippen LogP contribution in [0.1, 0.15) is 25.3 Å². The van der Waals surface area contributed by atoms with Gasteiger partial charge in [-0.15, -0.1) is 0 Å². The number of aromatic nitrogens is 1. The summed E-state index contributed by atoms with van der Waals surface area (Å²) in [6.45, 7) is 4.35. The zero-order chi connectivity index (χ0) is 14.8. The lowest BCUT2D eigenvalue weighted by Gasteiger charge is -2.11. The molecule has 1 aromatic heterocycles. The van der Waals surface area contributed by atoms with E-state index in [-0.39, 0.29) is 0 Å². The molecule has 3 rings (SSSR count). The van der Waals surface area contributed by atoms with Crippen LogP contribution >= 0.6 is 0 Å². The Morgan fingerprint density at radius 1 is 1.00 bits per heavy atom. The van der Waals surface area contributed by atoms with Crippen molar-refractivity contribution < 1.29 is 4.74 Å². The SMILES string of the molecule is CC(C)c1ccc(Oc2ccc(N)c3cccnc23)cc1. The summed E-state index contributed by atoms with van der Waals surface area (Å²) in [6, 6.07) is 15.7. The van der Waals surface area contributed by atoms with Gasteiger partial charge in [-0.2, -0.15) is 0 Å². The minimum atomic E-state index is 0.512. The molecule has 0 saturated heterocycles. The van der Waals surface area contributed by atoms with Gasteiger partial charge in [0.1, 0.15) is 11.3 Å². The maximum atomic E-state index is 5.98. The van der Waals surface area contributed by atoms with E-state index in [9.17, 15) is 0 Å². The molecule has 0 aliphatic rings. The van der Waals surface area contributed by atoms with Crippen molar-refractivity contribution in [3.8, 4) is 11.5 Å². The zero-order valence-electron chi connectivity index (χ0n) is 12.2. The van der Waals surface area contributed by atoms with Crippen LogP contribution < -0.4 is 10.5 Å². The van der Waals surface area contributed by atoms with Crippen LogP contribution in [0.5, 0.6) is 11.5 Å². The summed E-state index contributed by atoms with van der Waals surface area (Å²) in [7, 11) is 0. The van der Waals surface area contributed by atoms with Gasteiger partial charge in [-0.05, 0) is 47.9 Å². The summed E-state index contributed by atoms with van der Waals surface area (Å²) in [5.74, 6) is 2.03. The average molecular weight is 278 g/mol. The average Bonchev–Trinajstić information content (AvgIpc) is 2.51. The number of anilines is 1. The van der Waals surface area contributed by atoms with E-state index in [1.807, 2.05) is 36.4 Å². The van der Waals surface area contributed by atoms with Crippen molar-refractivity contribution in [2.24, 2.45) is 0 Å². The summed E-state index contributed by atoms with van der Waals surface area (Å²) >= 11 is 0. The van der Waals surface area contributed by atoms with Gasteiger partial charge in [-0.3, -0.25) is 4.98 Å². The van der Waals surface area contributed by atoms with Gasteiger partial charge >= 0.3 is 0 Å². The summed E-state index contributed by atoms with van der Waals surface area (Å²) in [6.07, 6.45) is 1.75. The van der Waals surface area contributed by atoms with Gasteiger partial charge < -0.3 is 10.5 Å². The molecular formula is C18H18N2O. The maximum absolute atomic E-state index is 5.98. The van der Waals surface area contributed by atoms with E-state index in [1.165, 1.54) is 5.56 Å². The summed E-state index contributed by atoms with van der Waals surface area (Å²) in [5.41, 5.74) is 8.76. The highest BCUT2D eigenvalue weighted by molar-refractivity contribution is 5.94. The molecule has 3 aromatic rings. The molecule has 0 bridgehead atoms. The molecule has 0 fully saturated rings. The minimum absolute atomic E-state index is 0.512. The second kappa shape index (κ2) is 5.44.